The fraction of sp³-hybridized carbons (Fsp3) is 0.250. The van der Waals surface area contributed by atoms with Crippen LogP contribution in [0.5, 0.6) is 0 Å². The molecule has 0 saturated carbocycles. The summed E-state index contributed by atoms with van der Waals surface area (Å²) in [5.74, 6) is -0.829. The van der Waals surface area contributed by atoms with Crippen LogP contribution >= 0.6 is 11.6 Å². The maximum Gasteiger partial charge on any atom is 0.364 e. The molecule has 16 heavy (non-hydrogen) atoms. The fourth-order valence-corrected chi connectivity index (χ4v) is 1.31. The number of pyridine rings is 1. The topological polar surface area (TPSA) is 73.1 Å². The molecule has 0 N–H and O–H groups in total. The second-order valence-corrected chi connectivity index (χ2v) is 3.22. The summed E-state index contributed by atoms with van der Waals surface area (Å²) in [5, 5.41) is 9.30. The summed E-state index contributed by atoms with van der Waals surface area (Å²) in [6.45, 7) is 1.20. The SMILES string of the molecule is Cc1c(C(F)F)cc([N+](=O)[O-])nc1C(=O)Cl. The van der Waals surface area contributed by atoms with Gasteiger partial charge in [0.2, 0.25) is 5.69 Å². The third kappa shape index (κ3) is 2.30. The Morgan fingerprint density at radius 1 is 1.62 bits per heavy atom. The highest BCUT2D eigenvalue weighted by Crippen LogP contribution is 2.28. The predicted octanol–water partition coefficient (Wildman–Crippen LogP) is 2.61. The van der Waals surface area contributed by atoms with E-state index in [0.29, 0.717) is 6.07 Å². The van der Waals surface area contributed by atoms with Crippen LogP contribution in [0.1, 0.15) is 28.0 Å². The predicted molar refractivity (Wildman–Crippen MR) is 50.8 cm³/mol. The lowest BCUT2D eigenvalue weighted by Gasteiger charge is -2.04. The van der Waals surface area contributed by atoms with E-state index >= 15 is 0 Å². The first kappa shape index (κ1) is 12.4. The summed E-state index contributed by atoms with van der Waals surface area (Å²) in [6.07, 6.45) is -2.93. The van der Waals surface area contributed by atoms with Crippen LogP contribution in [0.3, 0.4) is 0 Å². The molecule has 1 heterocycles. The highest BCUT2D eigenvalue weighted by atomic mass is 35.5. The molecule has 1 rings (SSSR count). The zero-order valence-corrected chi connectivity index (χ0v) is 8.66. The number of halogens is 3. The molecule has 86 valence electrons. The van der Waals surface area contributed by atoms with E-state index in [9.17, 15) is 23.7 Å². The molecule has 1 aromatic heterocycles. The monoisotopic (exact) mass is 250 g/mol. The van der Waals surface area contributed by atoms with Crippen molar-refractivity contribution in [3.05, 3.63) is 33.0 Å². The molecule has 0 fully saturated rings. The van der Waals surface area contributed by atoms with Gasteiger partial charge in [0.1, 0.15) is 0 Å². The summed E-state index contributed by atoms with van der Waals surface area (Å²) in [6, 6.07) is 0.628. The summed E-state index contributed by atoms with van der Waals surface area (Å²) in [7, 11) is 0. The van der Waals surface area contributed by atoms with Crippen molar-refractivity contribution in [2.45, 2.75) is 13.3 Å². The van der Waals surface area contributed by atoms with Crippen molar-refractivity contribution < 1.29 is 18.5 Å². The molecule has 5 nitrogen and oxygen atoms in total. The number of rotatable bonds is 3. The average molecular weight is 251 g/mol. The number of hydrogen-bond acceptors (Lipinski definition) is 4. The first-order valence-corrected chi connectivity index (χ1v) is 4.36. The Morgan fingerprint density at radius 3 is 2.56 bits per heavy atom. The molecule has 0 radical (unpaired) electrons. The molecular formula is C8H5ClF2N2O3. The first-order valence-electron chi connectivity index (χ1n) is 3.98. The van der Waals surface area contributed by atoms with Gasteiger partial charge in [-0.2, -0.15) is 0 Å². The van der Waals surface area contributed by atoms with Gasteiger partial charge >= 0.3 is 5.82 Å². The van der Waals surface area contributed by atoms with Gasteiger partial charge in [0, 0.05) is 17.2 Å². The average Bonchev–Trinajstić information content (AvgIpc) is 2.16. The maximum absolute atomic E-state index is 12.5. The van der Waals surface area contributed by atoms with Gasteiger partial charge in [-0.1, -0.05) is 0 Å². The van der Waals surface area contributed by atoms with E-state index in [1.807, 2.05) is 0 Å². The molecule has 0 amide bonds. The lowest BCUT2D eigenvalue weighted by Crippen LogP contribution is -2.06. The highest BCUT2D eigenvalue weighted by Gasteiger charge is 2.25. The van der Waals surface area contributed by atoms with Gasteiger partial charge in [0.15, 0.2) is 0 Å². The number of nitrogens with zero attached hydrogens (tertiary/aromatic N) is 2. The molecular weight excluding hydrogens is 246 g/mol. The smallest absolute Gasteiger partial charge is 0.358 e. The lowest BCUT2D eigenvalue weighted by molar-refractivity contribution is -0.389. The number of aromatic nitrogens is 1. The largest absolute Gasteiger partial charge is 0.364 e. The molecule has 1 aromatic rings. The van der Waals surface area contributed by atoms with Gasteiger partial charge in [0.05, 0.1) is 0 Å². The minimum absolute atomic E-state index is 0.152. The third-order valence-electron chi connectivity index (χ3n) is 1.91. The number of alkyl halides is 2. The summed E-state index contributed by atoms with van der Waals surface area (Å²) < 4.78 is 25.0. The molecule has 0 aliphatic heterocycles. The number of hydrogen-bond donors (Lipinski definition) is 0. The van der Waals surface area contributed by atoms with Crippen LogP contribution in [0, 0.1) is 17.0 Å². The zero-order valence-electron chi connectivity index (χ0n) is 7.91. The van der Waals surface area contributed by atoms with E-state index in [1.165, 1.54) is 6.92 Å². The van der Waals surface area contributed by atoms with E-state index in [2.05, 4.69) is 4.98 Å². The molecule has 0 unspecified atom stereocenters. The molecule has 0 aliphatic rings. The number of carbonyl (C=O) groups excluding carboxylic acids is 1. The summed E-state index contributed by atoms with van der Waals surface area (Å²) in [5.41, 5.74) is -1.29. The summed E-state index contributed by atoms with van der Waals surface area (Å²) in [4.78, 5) is 23.6. The van der Waals surface area contributed by atoms with Crippen LogP contribution in [0.4, 0.5) is 14.6 Å². The van der Waals surface area contributed by atoms with Gasteiger partial charge in [-0.05, 0) is 28.4 Å². The van der Waals surface area contributed by atoms with E-state index in [4.69, 9.17) is 11.6 Å². The van der Waals surface area contributed by atoms with Crippen LogP contribution in [0.25, 0.3) is 0 Å². The number of carbonyl (C=O) groups is 1. The quantitative estimate of drug-likeness (QED) is 0.469. The van der Waals surface area contributed by atoms with E-state index in [1.54, 1.807) is 0 Å². The van der Waals surface area contributed by atoms with Crippen molar-refractivity contribution in [3.8, 4) is 0 Å². The van der Waals surface area contributed by atoms with Crippen LogP contribution in [-0.4, -0.2) is 15.1 Å². The molecule has 0 bridgehead atoms. The molecule has 0 saturated heterocycles. The zero-order chi connectivity index (χ0) is 12.5. The summed E-state index contributed by atoms with van der Waals surface area (Å²) >= 11 is 5.09. The molecule has 0 atom stereocenters. The van der Waals surface area contributed by atoms with E-state index in [0.717, 1.165) is 0 Å². The van der Waals surface area contributed by atoms with Gasteiger partial charge in [0.25, 0.3) is 11.7 Å². The van der Waals surface area contributed by atoms with Crippen molar-refractivity contribution in [2.75, 3.05) is 0 Å². The molecule has 0 spiro atoms. The molecule has 0 aromatic carbocycles. The Labute approximate surface area is 93.2 Å². The van der Waals surface area contributed by atoms with Crippen molar-refractivity contribution in [3.63, 3.8) is 0 Å². The molecule has 8 heteroatoms. The minimum atomic E-state index is -2.93. The fourth-order valence-electron chi connectivity index (χ4n) is 1.13. The minimum Gasteiger partial charge on any atom is -0.358 e. The Balaban J connectivity index is 3.51. The third-order valence-corrected chi connectivity index (χ3v) is 2.09. The van der Waals surface area contributed by atoms with Crippen LogP contribution in [-0.2, 0) is 0 Å². The Morgan fingerprint density at radius 2 is 2.19 bits per heavy atom. The van der Waals surface area contributed by atoms with E-state index in [-0.39, 0.29) is 5.56 Å². The van der Waals surface area contributed by atoms with Gasteiger partial charge < -0.3 is 10.1 Å². The van der Waals surface area contributed by atoms with Crippen LogP contribution < -0.4 is 0 Å². The standard InChI is InChI=1S/C8H5ClF2N2O3/c1-3-4(8(10)11)2-5(13(15)16)12-6(3)7(9)14/h2,8H,1H3. The Kier molecular flexibility index (Phi) is 3.48. The highest BCUT2D eigenvalue weighted by molar-refractivity contribution is 6.67. The van der Waals surface area contributed by atoms with Gasteiger partial charge in [-0.3, -0.25) is 4.79 Å². The van der Waals surface area contributed by atoms with Crippen molar-refractivity contribution >= 4 is 22.7 Å². The van der Waals surface area contributed by atoms with Crippen molar-refractivity contribution in [1.29, 1.82) is 0 Å². The van der Waals surface area contributed by atoms with Gasteiger partial charge in [-0.25, -0.2) is 8.78 Å². The van der Waals surface area contributed by atoms with E-state index < -0.39 is 33.7 Å². The number of nitro groups is 1. The van der Waals surface area contributed by atoms with Gasteiger partial charge in [-0.15, -0.1) is 0 Å². The first-order chi connectivity index (χ1) is 7.34. The maximum atomic E-state index is 12.5. The Bertz CT molecular complexity index is 465. The van der Waals surface area contributed by atoms with Crippen LogP contribution in [0.2, 0.25) is 0 Å². The Hall–Kier alpha value is -1.63. The lowest BCUT2D eigenvalue weighted by atomic mass is 10.1. The molecule has 0 aliphatic carbocycles. The van der Waals surface area contributed by atoms with Crippen molar-refractivity contribution in [2.24, 2.45) is 0 Å². The second-order valence-electron chi connectivity index (χ2n) is 2.87. The van der Waals surface area contributed by atoms with Crippen LogP contribution in [0.15, 0.2) is 6.07 Å². The van der Waals surface area contributed by atoms with Crippen molar-refractivity contribution in [1.82, 2.24) is 4.98 Å². The second kappa shape index (κ2) is 4.48. The normalized spacial score (nSPS) is 10.6.